The summed E-state index contributed by atoms with van der Waals surface area (Å²) in [5.74, 6) is -0.0966. The summed E-state index contributed by atoms with van der Waals surface area (Å²) in [4.78, 5) is 30.5. The average molecular weight is 728 g/mol. The third-order valence-corrected chi connectivity index (χ3v) is 12.8. The minimum atomic E-state index is -4.25. The van der Waals surface area contributed by atoms with E-state index in [1.165, 1.54) is 31.0 Å². The van der Waals surface area contributed by atoms with E-state index in [1.54, 1.807) is 23.1 Å². The van der Waals surface area contributed by atoms with Crippen LogP contribution in [0.15, 0.2) is 53.4 Å². The molecule has 0 unspecified atom stereocenters. The molecule has 270 valence electrons. The lowest BCUT2D eigenvalue weighted by molar-refractivity contribution is -0.139. The molecule has 2 aromatic carbocycles. The third-order valence-electron chi connectivity index (χ3n) is 11.3. The lowest BCUT2D eigenvalue weighted by Crippen LogP contribution is -2.50. The van der Waals surface area contributed by atoms with Gasteiger partial charge in [-0.25, -0.2) is 17.9 Å². The number of aryl methyl sites for hydroxylation is 1. The SMILES string of the molecule is CC1(C)OCC=C[C@H](OC(=O)N2CCC(O)CC2)[C@@H]2CC[C@H]2CN2C[C@@]3(CCCc4cc(Cl)ccc43)COc3ccc(cc32)S(=O)(=O)NC1=O. The molecule has 2 amide bonds. The Kier molecular flexibility index (Phi) is 9.59. The summed E-state index contributed by atoms with van der Waals surface area (Å²) < 4.78 is 48.1. The van der Waals surface area contributed by atoms with Crippen molar-refractivity contribution in [1.29, 1.82) is 0 Å². The summed E-state index contributed by atoms with van der Waals surface area (Å²) in [5.41, 5.74) is 1.20. The fraction of sp³-hybridized carbons (Fsp3) is 0.568. The zero-order valence-electron chi connectivity index (χ0n) is 28.6. The highest BCUT2D eigenvalue weighted by molar-refractivity contribution is 7.90. The van der Waals surface area contributed by atoms with Crippen LogP contribution in [0.1, 0.15) is 63.5 Å². The number of anilines is 1. The van der Waals surface area contributed by atoms with Crippen LogP contribution in [-0.2, 0) is 36.1 Å². The maximum absolute atomic E-state index is 13.6. The first-order valence-electron chi connectivity index (χ1n) is 17.7. The Morgan fingerprint density at radius 2 is 1.90 bits per heavy atom. The molecule has 1 saturated carbocycles. The van der Waals surface area contributed by atoms with Gasteiger partial charge < -0.3 is 29.1 Å². The van der Waals surface area contributed by atoms with Crippen LogP contribution in [0.3, 0.4) is 0 Å². The number of carbonyl (C=O) groups excluding carboxylic acids is 2. The van der Waals surface area contributed by atoms with Gasteiger partial charge in [-0.05, 0) is 112 Å². The molecular weight excluding hydrogens is 682 g/mol. The van der Waals surface area contributed by atoms with Crippen molar-refractivity contribution in [2.24, 2.45) is 11.8 Å². The molecule has 3 heterocycles. The molecule has 1 saturated heterocycles. The van der Waals surface area contributed by atoms with E-state index in [2.05, 4.69) is 15.7 Å². The summed E-state index contributed by atoms with van der Waals surface area (Å²) in [6.07, 6.45) is 7.77. The summed E-state index contributed by atoms with van der Waals surface area (Å²) in [7, 11) is -4.25. The molecular formula is C37H46ClN3O8S. The van der Waals surface area contributed by atoms with Crippen LogP contribution in [0.2, 0.25) is 5.02 Å². The molecule has 13 heteroatoms. The van der Waals surface area contributed by atoms with E-state index < -0.39 is 39.8 Å². The Morgan fingerprint density at radius 1 is 1.10 bits per heavy atom. The van der Waals surface area contributed by atoms with Crippen LogP contribution in [0.25, 0.3) is 0 Å². The Balaban J connectivity index is 1.27. The molecule has 11 nitrogen and oxygen atoms in total. The van der Waals surface area contributed by atoms with Crippen molar-refractivity contribution < 1.29 is 37.3 Å². The van der Waals surface area contributed by atoms with Crippen molar-refractivity contribution in [1.82, 2.24) is 9.62 Å². The molecule has 3 aliphatic heterocycles. The predicted molar refractivity (Wildman–Crippen MR) is 188 cm³/mol. The van der Waals surface area contributed by atoms with Crippen molar-refractivity contribution >= 4 is 39.3 Å². The molecule has 2 fully saturated rings. The molecule has 4 atom stereocenters. The van der Waals surface area contributed by atoms with Crippen LogP contribution in [0.4, 0.5) is 10.5 Å². The highest BCUT2D eigenvalue weighted by Gasteiger charge is 2.45. The highest BCUT2D eigenvalue weighted by Crippen LogP contribution is 2.47. The maximum Gasteiger partial charge on any atom is 0.410 e. The number of hydrogen-bond acceptors (Lipinski definition) is 9. The number of carbonyl (C=O) groups is 2. The second-order valence-corrected chi connectivity index (χ2v) is 17.1. The molecule has 50 heavy (non-hydrogen) atoms. The first-order valence-corrected chi connectivity index (χ1v) is 19.5. The summed E-state index contributed by atoms with van der Waals surface area (Å²) in [6.45, 7) is 5.49. The fourth-order valence-corrected chi connectivity index (χ4v) is 9.44. The molecule has 1 spiro atoms. The standard InChI is InChI=1S/C37H46ClN3O8S/c1-36(2)34(43)39-50(45,46)28-9-12-33-31(20-28)41(22-37(23-47-33)15-3-5-24-19-26(38)8-11-30(24)37)21-25-7-10-29(25)32(6-4-18-48-36)49-35(44)40-16-13-27(42)14-17-40/h4,6,8-9,11-12,19-20,25,27,29,32,42H,3,5,7,10,13-18,21-23H2,1-2H3,(H,39,43)/t25-,29+,32-,37-/m0/s1. The van der Waals surface area contributed by atoms with Gasteiger partial charge >= 0.3 is 6.09 Å². The Labute approximate surface area is 298 Å². The van der Waals surface area contributed by atoms with Crippen molar-refractivity contribution in [3.8, 4) is 5.75 Å². The molecule has 0 radical (unpaired) electrons. The Hall–Kier alpha value is -3.32. The van der Waals surface area contributed by atoms with Gasteiger partial charge in [0.15, 0.2) is 0 Å². The maximum atomic E-state index is 13.6. The molecule has 5 aliphatic rings. The van der Waals surface area contributed by atoms with E-state index in [1.807, 2.05) is 18.2 Å². The van der Waals surface area contributed by atoms with Crippen LogP contribution < -0.4 is 14.4 Å². The van der Waals surface area contributed by atoms with E-state index in [0.717, 1.165) is 32.1 Å². The monoisotopic (exact) mass is 727 g/mol. The van der Waals surface area contributed by atoms with Crippen LogP contribution >= 0.6 is 11.6 Å². The number of piperidine rings is 1. The molecule has 0 aromatic heterocycles. The van der Waals surface area contributed by atoms with Gasteiger partial charge in [-0.2, -0.15) is 0 Å². The number of hydrogen-bond donors (Lipinski definition) is 2. The first kappa shape index (κ1) is 35.1. The number of likely N-dealkylation sites (tertiary alicyclic amines) is 1. The van der Waals surface area contributed by atoms with E-state index >= 15 is 0 Å². The zero-order chi connectivity index (χ0) is 35.3. The van der Waals surface area contributed by atoms with Gasteiger partial charge in [-0.15, -0.1) is 0 Å². The van der Waals surface area contributed by atoms with Gasteiger partial charge in [0.1, 0.15) is 17.5 Å². The molecule has 2 aromatic rings. The zero-order valence-corrected chi connectivity index (χ0v) is 30.2. The van der Waals surface area contributed by atoms with Crippen molar-refractivity contribution in [2.45, 2.75) is 86.9 Å². The summed E-state index contributed by atoms with van der Waals surface area (Å²) >= 11 is 6.43. The Morgan fingerprint density at radius 3 is 2.66 bits per heavy atom. The topological polar surface area (TPSA) is 135 Å². The van der Waals surface area contributed by atoms with Crippen molar-refractivity contribution in [3.63, 3.8) is 0 Å². The summed E-state index contributed by atoms with van der Waals surface area (Å²) in [5, 5.41) is 10.7. The lowest BCUT2D eigenvalue weighted by Gasteiger charge is -2.46. The quantitative estimate of drug-likeness (QED) is 0.391. The molecule has 2 aliphatic carbocycles. The number of aliphatic hydroxyl groups excluding tert-OH is 1. The van der Waals surface area contributed by atoms with Gasteiger partial charge in [-0.3, -0.25) is 4.79 Å². The number of nitrogens with one attached hydrogen (secondary N) is 1. The lowest BCUT2D eigenvalue weighted by atomic mass is 9.68. The number of benzene rings is 2. The second-order valence-electron chi connectivity index (χ2n) is 15.0. The average Bonchev–Trinajstić information content (AvgIpc) is 3.21. The van der Waals surface area contributed by atoms with Crippen LogP contribution in [-0.4, -0.2) is 87.6 Å². The first-order chi connectivity index (χ1) is 23.8. The second kappa shape index (κ2) is 13.7. The van der Waals surface area contributed by atoms with E-state index in [-0.39, 0.29) is 28.8 Å². The van der Waals surface area contributed by atoms with Crippen LogP contribution in [0, 0.1) is 11.8 Å². The Bertz CT molecular complexity index is 1780. The number of ether oxygens (including phenoxy) is 3. The smallest absolute Gasteiger partial charge is 0.410 e. The van der Waals surface area contributed by atoms with Crippen LogP contribution in [0.5, 0.6) is 5.75 Å². The van der Waals surface area contributed by atoms with E-state index in [0.29, 0.717) is 62.1 Å². The van der Waals surface area contributed by atoms with Gasteiger partial charge in [0.25, 0.3) is 15.9 Å². The number of nitrogens with zero attached hydrogens (tertiary/aromatic N) is 2. The van der Waals surface area contributed by atoms with Gasteiger partial charge in [0, 0.05) is 42.5 Å². The van der Waals surface area contributed by atoms with E-state index in [4.69, 9.17) is 25.8 Å². The summed E-state index contributed by atoms with van der Waals surface area (Å²) in [6, 6.07) is 10.8. The number of amides is 2. The number of aliphatic hydroxyl groups is 1. The number of rotatable bonds is 1. The van der Waals surface area contributed by atoms with E-state index in [9.17, 15) is 23.1 Å². The minimum Gasteiger partial charge on any atom is -0.490 e. The fourth-order valence-electron chi connectivity index (χ4n) is 8.12. The minimum absolute atomic E-state index is 0.00253. The third kappa shape index (κ3) is 6.96. The molecule has 7 rings (SSSR count). The number of halogens is 1. The predicted octanol–water partition coefficient (Wildman–Crippen LogP) is 4.97. The van der Waals surface area contributed by atoms with Crippen molar-refractivity contribution in [3.05, 3.63) is 64.7 Å². The van der Waals surface area contributed by atoms with Gasteiger partial charge in [0.2, 0.25) is 0 Å². The van der Waals surface area contributed by atoms with Gasteiger partial charge in [0.05, 0.1) is 29.9 Å². The number of fused-ring (bicyclic) bond motifs is 4. The number of sulfonamides is 1. The highest BCUT2D eigenvalue weighted by atomic mass is 35.5. The van der Waals surface area contributed by atoms with Crippen molar-refractivity contribution in [2.75, 3.05) is 44.3 Å². The normalized spacial score (nSPS) is 29.4. The molecule has 2 bridgehead atoms. The largest absolute Gasteiger partial charge is 0.490 e. The van der Waals surface area contributed by atoms with Gasteiger partial charge in [-0.1, -0.05) is 23.7 Å². The molecule has 2 N–H and O–H groups in total.